The van der Waals surface area contributed by atoms with Gasteiger partial charge < -0.3 is 15.5 Å². The molecular formula is C15H23N3O3. The van der Waals surface area contributed by atoms with Crippen LogP contribution in [0, 0.1) is 12.8 Å². The monoisotopic (exact) mass is 293 g/mol. The number of aliphatic hydroxyl groups is 1. The van der Waals surface area contributed by atoms with Crippen LogP contribution in [0.2, 0.25) is 0 Å². The van der Waals surface area contributed by atoms with Crippen LogP contribution in [-0.4, -0.2) is 38.3 Å². The maximum atomic E-state index is 10.9. The lowest BCUT2D eigenvalue weighted by atomic mass is 9.78. The zero-order chi connectivity index (χ0) is 15.5. The highest BCUT2D eigenvalue weighted by Crippen LogP contribution is 2.33. The topological polar surface area (TPSA) is 95.3 Å². The minimum absolute atomic E-state index is 0.0997. The minimum Gasteiger partial charge on any atom is -0.478 e. The van der Waals surface area contributed by atoms with Crippen molar-refractivity contribution in [3.63, 3.8) is 0 Å². The van der Waals surface area contributed by atoms with Gasteiger partial charge in [-0.3, -0.25) is 0 Å². The smallest absolute Gasteiger partial charge is 0.339 e. The van der Waals surface area contributed by atoms with Gasteiger partial charge in [-0.15, -0.1) is 0 Å². The fourth-order valence-corrected chi connectivity index (χ4v) is 2.81. The average Bonchev–Trinajstić information content (AvgIpc) is 2.46. The van der Waals surface area contributed by atoms with Crippen LogP contribution in [0.4, 0.5) is 5.95 Å². The third kappa shape index (κ3) is 3.91. The number of aryl methyl sites for hydroxylation is 1. The summed E-state index contributed by atoms with van der Waals surface area (Å²) in [4.78, 5) is 19.0. The van der Waals surface area contributed by atoms with Crippen molar-refractivity contribution >= 4 is 11.9 Å². The Morgan fingerprint density at radius 2 is 2.14 bits per heavy atom. The average molecular weight is 293 g/mol. The van der Waals surface area contributed by atoms with Gasteiger partial charge in [0.2, 0.25) is 5.95 Å². The summed E-state index contributed by atoms with van der Waals surface area (Å²) in [6.07, 6.45) is 6.13. The van der Waals surface area contributed by atoms with Crippen LogP contribution < -0.4 is 5.32 Å². The second kappa shape index (κ2) is 6.39. The molecule has 0 unspecified atom stereocenters. The largest absolute Gasteiger partial charge is 0.478 e. The number of rotatable bonds is 5. The van der Waals surface area contributed by atoms with Crippen molar-refractivity contribution < 1.29 is 15.0 Å². The quantitative estimate of drug-likeness (QED) is 0.770. The van der Waals surface area contributed by atoms with Crippen molar-refractivity contribution in [2.45, 2.75) is 51.6 Å². The molecule has 2 rings (SSSR count). The number of hydrogen-bond donors (Lipinski definition) is 3. The fourth-order valence-electron chi connectivity index (χ4n) is 2.81. The van der Waals surface area contributed by atoms with Gasteiger partial charge in [-0.25, -0.2) is 14.8 Å². The van der Waals surface area contributed by atoms with Crippen LogP contribution >= 0.6 is 0 Å². The van der Waals surface area contributed by atoms with Crippen LogP contribution in [0.15, 0.2) is 6.20 Å². The summed E-state index contributed by atoms with van der Waals surface area (Å²) >= 11 is 0. The lowest BCUT2D eigenvalue weighted by Gasteiger charge is -2.35. The first-order valence-electron chi connectivity index (χ1n) is 7.47. The van der Waals surface area contributed by atoms with Gasteiger partial charge in [0.25, 0.3) is 0 Å². The van der Waals surface area contributed by atoms with E-state index in [9.17, 15) is 9.90 Å². The van der Waals surface area contributed by atoms with Crippen molar-refractivity contribution in [3.8, 4) is 0 Å². The van der Waals surface area contributed by atoms with Crippen LogP contribution in [0.25, 0.3) is 0 Å². The van der Waals surface area contributed by atoms with Crippen molar-refractivity contribution in [3.05, 3.63) is 17.5 Å². The van der Waals surface area contributed by atoms with E-state index in [0.29, 0.717) is 18.2 Å². The summed E-state index contributed by atoms with van der Waals surface area (Å²) < 4.78 is 0. The molecule has 1 aliphatic carbocycles. The Kier molecular flexibility index (Phi) is 4.77. The fraction of sp³-hybridized carbons (Fsp3) is 0.667. The number of nitrogens with zero attached hydrogens (tertiary/aromatic N) is 2. The van der Waals surface area contributed by atoms with Gasteiger partial charge in [0.15, 0.2) is 0 Å². The number of aromatic nitrogens is 2. The standard InChI is InChI=1S/C15H23N3O3/c1-3-11-4-6-15(21,7-5-11)9-17-14-16-8-12(13(19)20)10(2)18-14/h8,11,21H,3-7,9H2,1-2H3,(H,19,20)(H,16,17,18). The Morgan fingerprint density at radius 1 is 1.48 bits per heavy atom. The first-order valence-corrected chi connectivity index (χ1v) is 7.47. The normalized spacial score (nSPS) is 25.6. The zero-order valence-corrected chi connectivity index (χ0v) is 12.6. The predicted molar refractivity (Wildman–Crippen MR) is 79.4 cm³/mol. The van der Waals surface area contributed by atoms with Crippen LogP contribution in [-0.2, 0) is 0 Å². The van der Waals surface area contributed by atoms with E-state index in [1.807, 2.05) is 0 Å². The third-order valence-electron chi connectivity index (χ3n) is 4.40. The van der Waals surface area contributed by atoms with Crippen LogP contribution in [0.3, 0.4) is 0 Å². The highest BCUT2D eigenvalue weighted by atomic mass is 16.4. The van der Waals surface area contributed by atoms with Gasteiger partial charge in [-0.1, -0.05) is 13.3 Å². The van der Waals surface area contributed by atoms with E-state index in [4.69, 9.17) is 5.11 Å². The summed E-state index contributed by atoms with van der Waals surface area (Å²) in [7, 11) is 0. The third-order valence-corrected chi connectivity index (χ3v) is 4.40. The second-order valence-electron chi connectivity index (χ2n) is 5.93. The molecule has 6 nitrogen and oxygen atoms in total. The number of carboxylic acid groups (broad SMARTS) is 1. The maximum Gasteiger partial charge on any atom is 0.339 e. The van der Waals surface area contributed by atoms with Gasteiger partial charge >= 0.3 is 5.97 Å². The maximum absolute atomic E-state index is 10.9. The molecule has 1 aliphatic rings. The molecule has 0 spiro atoms. The first kappa shape index (κ1) is 15.7. The molecule has 21 heavy (non-hydrogen) atoms. The molecule has 0 bridgehead atoms. The molecule has 1 fully saturated rings. The summed E-state index contributed by atoms with van der Waals surface area (Å²) in [5.74, 6) is 0.0534. The molecule has 0 atom stereocenters. The van der Waals surface area contributed by atoms with E-state index in [2.05, 4.69) is 22.2 Å². The van der Waals surface area contributed by atoms with Gasteiger partial charge in [0.1, 0.15) is 0 Å². The molecule has 0 aromatic carbocycles. The first-order chi connectivity index (χ1) is 9.93. The molecule has 0 saturated heterocycles. The van der Waals surface area contributed by atoms with Crippen molar-refractivity contribution in [1.82, 2.24) is 9.97 Å². The number of carbonyl (C=O) groups is 1. The lowest BCUT2D eigenvalue weighted by molar-refractivity contribution is 0.00215. The molecule has 0 radical (unpaired) electrons. The summed E-state index contributed by atoms with van der Waals surface area (Å²) in [6, 6.07) is 0. The van der Waals surface area contributed by atoms with E-state index >= 15 is 0 Å². The van der Waals surface area contributed by atoms with E-state index in [1.54, 1.807) is 6.92 Å². The van der Waals surface area contributed by atoms with Crippen molar-refractivity contribution in [2.24, 2.45) is 5.92 Å². The Morgan fingerprint density at radius 3 is 2.67 bits per heavy atom. The molecule has 1 saturated carbocycles. The molecule has 1 aromatic rings. The predicted octanol–water partition coefficient (Wildman–Crippen LogP) is 2.23. The number of nitrogens with one attached hydrogen (secondary N) is 1. The Bertz CT molecular complexity index is 511. The van der Waals surface area contributed by atoms with E-state index < -0.39 is 11.6 Å². The van der Waals surface area contributed by atoms with Gasteiger partial charge in [0.05, 0.1) is 16.9 Å². The number of anilines is 1. The number of aromatic carboxylic acids is 1. The van der Waals surface area contributed by atoms with Gasteiger partial charge in [0, 0.05) is 12.7 Å². The molecule has 1 heterocycles. The Balaban J connectivity index is 1.94. The SMILES string of the molecule is CCC1CCC(O)(CNc2ncc(C(=O)O)c(C)n2)CC1. The molecule has 1 aromatic heterocycles. The van der Waals surface area contributed by atoms with E-state index in [1.165, 1.54) is 12.6 Å². The summed E-state index contributed by atoms with van der Waals surface area (Å²) in [6.45, 7) is 4.22. The van der Waals surface area contributed by atoms with Crippen LogP contribution in [0.1, 0.15) is 55.1 Å². The van der Waals surface area contributed by atoms with Crippen molar-refractivity contribution in [2.75, 3.05) is 11.9 Å². The van der Waals surface area contributed by atoms with Gasteiger partial charge in [-0.05, 0) is 38.5 Å². The Hall–Kier alpha value is -1.69. The number of carboxylic acids is 1. The molecular weight excluding hydrogens is 270 g/mol. The van der Waals surface area contributed by atoms with E-state index in [0.717, 1.165) is 31.6 Å². The van der Waals surface area contributed by atoms with Gasteiger partial charge in [-0.2, -0.15) is 0 Å². The van der Waals surface area contributed by atoms with Crippen molar-refractivity contribution in [1.29, 1.82) is 0 Å². The molecule has 0 aliphatic heterocycles. The number of hydrogen-bond acceptors (Lipinski definition) is 5. The lowest BCUT2D eigenvalue weighted by Crippen LogP contribution is -2.40. The molecule has 3 N–H and O–H groups in total. The highest BCUT2D eigenvalue weighted by Gasteiger charge is 2.32. The molecule has 0 amide bonds. The molecule has 6 heteroatoms. The zero-order valence-electron chi connectivity index (χ0n) is 12.6. The summed E-state index contributed by atoms with van der Waals surface area (Å²) in [5, 5.41) is 22.5. The molecule has 116 valence electrons. The van der Waals surface area contributed by atoms with E-state index in [-0.39, 0.29) is 5.56 Å². The highest BCUT2D eigenvalue weighted by molar-refractivity contribution is 5.88. The summed E-state index contributed by atoms with van der Waals surface area (Å²) in [5.41, 5.74) is -0.196. The second-order valence-corrected chi connectivity index (χ2v) is 5.93. The van der Waals surface area contributed by atoms with Crippen LogP contribution in [0.5, 0.6) is 0 Å². The minimum atomic E-state index is -1.03. The Labute approximate surface area is 124 Å².